The molecule has 0 fully saturated rings. The van der Waals surface area contributed by atoms with E-state index in [0.717, 1.165) is 13.6 Å². The molecule has 1 atom stereocenters. The van der Waals surface area contributed by atoms with Gasteiger partial charge in [0.25, 0.3) is 0 Å². The molecule has 0 bridgehead atoms. The lowest BCUT2D eigenvalue weighted by molar-refractivity contribution is 0.527. The van der Waals surface area contributed by atoms with Gasteiger partial charge in [-0.3, -0.25) is 11.3 Å². The van der Waals surface area contributed by atoms with E-state index in [9.17, 15) is 4.39 Å². The Kier molecular flexibility index (Phi) is 5.80. The van der Waals surface area contributed by atoms with E-state index in [1.165, 1.54) is 6.07 Å². The molecule has 20 heavy (non-hydrogen) atoms. The summed E-state index contributed by atoms with van der Waals surface area (Å²) in [4.78, 5) is 0. The summed E-state index contributed by atoms with van der Waals surface area (Å²) in [6.07, 6.45) is 0.418. The molecule has 0 aromatic heterocycles. The van der Waals surface area contributed by atoms with Gasteiger partial charge in [-0.15, -0.1) is 0 Å². The smallest absolute Gasteiger partial charge is 0.145 e. The topological polar surface area (TPSA) is 38.0 Å². The molecule has 2 rings (SSSR count). The molecule has 6 heteroatoms. The van der Waals surface area contributed by atoms with Gasteiger partial charge in [-0.1, -0.05) is 39.7 Å². The van der Waals surface area contributed by atoms with E-state index in [2.05, 4.69) is 43.9 Å². The van der Waals surface area contributed by atoms with Gasteiger partial charge in [-0.05, 0) is 64.4 Å². The number of halogens is 4. The Morgan fingerprint density at radius 3 is 2.80 bits per heavy atom. The Bertz CT molecular complexity index is 624. The van der Waals surface area contributed by atoms with Crippen LogP contribution in [0.15, 0.2) is 40.9 Å². The maximum absolute atomic E-state index is 14.0. The summed E-state index contributed by atoms with van der Waals surface area (Å²) in [6.45, 7) is 0. The second-order valence-corrected chi connectivity index (χ2v) is 6.81. The predicted octanol–water partition coefficient (Wildman–Crippen LogP) is 4.59. The van der Waals surface area contributed by atoms with Crippen LogP contribution in [0.4, 0.5) is 4.39 Å². The van der Waals surface area contributed by atoms with Crippen LogP contribution in [0.25, 0.3) is 0 Å². The number of rotatable bonds is 4. The Morgan fingerprint density at radius 1 is 1.35 bits per heavy atom. The zero-order valence-electron chi connectivity index (χ0n) is 10.3. The van der Waals surface area contributed by atoms with Crippen LogP contribution in [0.3, 0.4) is 0 Å². The summed E-state index contributed by atoms with van der Waals surface area (Å²) < 4.78 is 16.0. The first-order valence-electron chi connectivity index (χ1n) is 5.87. The molecular weight excluding hydrogens is 457 g/mol. The van der Waals surface area contributed by atoms with Gasteiger partial charge in [-0.2, -0.15) is 0 Å². The number of hydrogen-bond donors (Lipinski definition) is 2. The van der Waals surface area contributed by atoms with Gasteiger partial charge in [0.2, 0.25) is 0 Å². The minimum absolute atomic E-state index is 0.125. The third-order valence-corrected chi connectivity index (χ3v) is 4.68. The van der Waals surface area contributed by atoms with E-state index in [1.807, 2.05) is 18.2 Å². The van der Waals surface area contributed by atoms with Crippen molar-refractivity contribution in [2.75, 3.05) is 0 Å². The SMILES string of the molecule is NNC(Cc1cccc(Cl)c1F)c1cc(I)ccc1Br. The molecule has 0 saturated carbocycles. The number of benzene rings is 2. The highest BCUT2D eigenvalue weighted by Gasteiger charge is 2.17. The Labute approximate surface area is 144 Å². The van der Waals surface area contributed by atoms with Crippen LogP contribution in [-0.2, 0) is 6.42 Å². The summed E-state index contributed by atoms with van der Waals surface area (Å²) in [5.41, 5.74) is 4.26. The van der Waals surface area contributed by atoms with Crippen molar-refractivity contribution in [2.45, 2.75) is 12.5 Å². The fourth-order valence-corrected chi connectivity index (χ4v) is 3.20. The predicted molar refractivity (Wildman–Crippen MR) is 92.0 cm³/mol. The molecule has 2 aromatic rings. The van der Waals surface area contributed by atoms with E-state index in [1.54, 1.807) is 12.1 Å². The van der Waals surface area contributed by atoms with E-state index >= 15 is 0 Å². The number of nitrogens with one attached hydrogen (secondary N) is 1. The van der Waals surface area contributed by atoms with Crippen molar-refractivity contribution in [1.82, 2.24) is 5.43 Å². The van der Waals surface area contributed by atoms with Crippen molar-refractivity contribution in [3.63, 3.8) is 0 Å². The maximum Gasteiger partial charge on any atom is 0.145 e. The first kappa shape index (κ1) is 16.2. The highest BCUT2D eigenvalue weighted by atomic mass is 127. The zero-order chi connectivity index (χ0) is 14.7. The summed E-state index contributed by atoms with van der Waals surface area (Å²) in [7, 11) is 0. The third kappa shape index (κ3) is 3.71. The average molecular weight is 470 g/mol. The van der Waals surface area contributed by atoms with Crippen LogP contribution in [0.2, 0.25) is 5.02 Å². The summed E-state index contributed by atoms with van der Waals surface area (Å²) in [5.74, 6) is 5.24. The molecule has 0 radical (unpaired) electrons. The molecule has 2 nitrogen and oxygen atoms in total. The molecule has 0 aliphatic carbocycles. The second-order valence-electron chi connectivity index (χ2n) is 4.30. The monoisotopic (exact) mass is 468 g/mol. The number of hydrogen-bond acceptors (Lipinski definition) is 2. The molecule has 1 unspecified atom stereocenters. The molecule has 0 amide bonds. The molecule has 0 aliphatic heterocycles. The van der Waals surface area contributed by atoms with Gasteiger partial charge < -0.3 is 0 Å². The van der Waals surface area contributed by atoms with Crippen LogP contribution >= 0.6 is 50.1 Å². The van der Waals surface area contributed by atoms with E-state index in [0.29, 0.717) is 12.0 Å². The number of hydrazine groups is 1. The Balaban J connectivity index is 2.34. The summed E-state index contributed by atoms with van der Waals surface area (Å²) in [5, 5.41) is 0.125. The molecular formula is C14H12BrClFIN2. The largest absolute Gasteiger partial charge is 0.271 e. The summed E-state index contributed by atoms with van der Waals surface area (Å²) >= 11 is 11.5. The second kappa shape index (κ2) is 7.17. The first-order chi connectivity index (χ1) is 9.52. The van der Waals surface area contributed by atoms with Crippen LogP contribution in [0, 0.1) is 9.39 Å². The van der Waals surface area contributed by atoms with Crippen molar-refractivity contribution in [3.05, 3.63) is 66.4 Å². The standard InChI is InChI=1S/C14H12BrClFIN2/c15-11-5-4-9(18)7-10(11)13(20-19)6-8-2-1-3-12(16)14(8)17/h1-5,7,13,20H,6,19H2. The van der Waals surface area contributed by atoms with Crippen LogP contribution in [-0.4, -0.2) is 0 Å². The lowest BCUT2D eigenvalue weighted by Crippen LogP contribution is -2.30. The zero-order valence-corrected chi connectivity index (χ0v) is 14.8. The number of nitrogens with two attached hydrogens (primary N) is 1. The van der Waals surface area contributed by atoms with Crippen LogP contribution in [0.1, 0.15) is 17.2 Å². The van der Waals surface area contributed by atoms with E-state index < -0.39 is 5.82 Å². The average Bonchev–Trinajstić information content (AvgIpc) is 2.43. The highest BCUT2D eigenvalue weighted by Crippen LogP contribution is 2.29. The van der Waals surface area contributed by atoms with Gasteiger partial charge in [-0.25, -0.2) is 4.39 Å². The van der Waals surface area contributed by atoms with Crippen molar-refractivity contribution >= 4 is 50.1 Å². The van der Waals surface area contributed by atoms with Crippen molar-refractivity contribution in [3.8, 4) is 0 Å². The molecule has 3 N–H and O–H groups in total. The fraction of sp³-hybridized carbons (Fsp3) is 0.143. The normalized spacial score (nSPS) is 12.4. The van der Waals surface area contributed by atoms with Crippen molar-refractivity contribution in [2.24, 2.45) is 5.84 Å². The lowest BCUT2D eigenvalue weighted by Gasteiger charge is -2.19. The molecule has 106 valence electrons. The Morgan fingerprint density at radius 2 is 2.10 bits per heavy atom. The lowest BCUT2D eigenvalue weighted by atomic mass is 9.99. The first-order valence-corrected chi connectivity index (χ1v) is 8.12. The van der Waals surface area contributed by atoms with Gasteiger partial charge in [0.1, 0.15) is 5.82 Å². The van der Waals surface area contributed by atoms with Crippen molar-refractivity contribution in [1.29, 1.82) is 0 Å². The molecule has 0 spiro atoms. The highest BCUT2D eigenvalue weighted by molar-refractivity contribution is 14.1. The van der Waals surface area contributed by atoms with Gasteiger partial charge >= 0.3 is 0 Å². The van der Waals surface area contributed by atoms with Crippen LogP contribution in [0.5, 0.6) is 0 Å². The fourth-order valence-electron chi connectivity index (χ4n) is 1.97. The minimum Gasteiger partial charge on any atom is -0.271 e. The summed E-state index contributed by atoms with van der Waals surface area (Å²) in [6, 6.07) is 10.7. The van der Waals surface area contributed by atoms with Crippen molar-refractivity contribution < 1.29 is 4.39 Å². The third-order valence-electron chi connectivity index (χ3n) is 2.99. The van der Waals surface area contributed by atoms with Gasteiger partial charge in [0.05, 0.1) is 11.1 Å². The van der Waals surface area contributed by atoms with Gasteiger partial charge in [0.15, 0.2) is 0 Å². The van der Waals surface area contributed by atoms with E-state index in [-0.39, 0.29) is 11.1 Å². The molecule has 0 aliphatic rings. The van der Waals surface area contributed by atoms with E-state index in [4.69, 9.17) is 17.4 Å². The van der Waals surface area contributed by atoms with Gasteiger partial charge in [0, 0.05) is 8.04 Å². The minimum atomic E-state index is -0.392. The Hall–Kier alpha value is -0.210. The molecule has 0 saturated heterocycles. The molecule has 0 heterocycles. The van der Waals surface area contributed by atoms with Crippen LogP contribution < -0.4 is 11.3 Å². The maximum atomic E-state index is 14.0. The quantitative estimate of drug-likeness (QED) is 0.391. The molecule has 2 aromatic carbocycles.